The fourth-order valence-electron chi connectivity index (χ4n) is 4.10. The molecule has 0 unspecified atom stereocenters. The average Bonchev–Trinajstić information content (AvgIpc) is 3.04. The van der Waals surface area contributed by atoms with Gasteiger partial charge < -0.3 is 15.1 Å². The maximum Gasteiger partial charge on any atom is 0.416 e. The molecule has 3 rings (SSSR count). The summed E-state index contributed by atoms with van der Waals surface area (Å²) in [5, 5.41) is 2.67. The molecule has 0 aromatic heterocycles. The van der Waals surface area contributed by atoms with Gasteiger partial charge in [0.2, 0.25) is 0 Å². The topological polar surface area (TPSA) is 35.6 Å². The average molecular weight is 401 g/mol. The van der Waals surface area contributed by atoms with Gasteiger partial charge in [-0.2, -0.15) is 13.2 Å². The van der Waals surface area contributed by atoms with Crippen LogP contribution in [-0.4, -0.2) is 61.5 Å². The largest absolute Gasteiger partial charge is 0.416 e. The zero-order valence-corrected chi connectivity index (χ0v) is 16.1. The molecule has 0 saturated carbocycles. The SMILES string of the molecule is CN1CCC[C@H]1CN1CCC(CNC(=O)c2cc(F)cc(C(F)(F)F)c2)CC1. The van der Waals surface area contributed by atoms with Crippen LogP contribution in [0, 0.1) is 11.7 Å². The number of amides is 1. The van der Waals surface area contributed by atoms with Crippen LogP contribution >= 0.6 is 0 Å². The van der Waals surface area contributed by atoms with E-state index >= 15 is 0 Å². The van der Waals surface area contributed by atoms with E-state index in [1.165, 1.54) is 12.8 Å². The third-order valence-corrected chi connectivity index (χ3v) is 5.89. The van der Waals surface area contributed by atoms with Gasteiger partial charge in [0, 0.05) is 24.7 Å². The smallest absolute Gasteiger partial charge is 0.352 e. The Morgan fingerprint density at radius 1 is 1.14 bits per heavy atom. The molecule has 28 heavy (non-hydrogen) atoms. The van der Waals surface area contributed by atoms with Crippen molar-refractivity contribution >= 4 is 5.91 Å². The molecule has 0 spiro atoms. The van der Waals surface area contributed by atoms with Crippen LogP contribution in [-0.2, 0) is 6.18 Å². The van der Waals surface area contributed by atoms with E-state index < -0.39 is 23.5 Å². The molecule has 8 heteroatoms. The second kappa shape index (κ2) is 8.78. The molecule has 2 aliphatic rings. The quantitative estimate of drug-likeness (QED) is 0.769. The Morgan fingerprint density at radius 3 is 2.46 bits per heavy atom. The summed E-state index contributed by atoms with van der Waals surface area (Å²) in [7, 11) is 2.16. The molecule has 2 aliphatic heterocycles. The second-order valence-corrected chi connectivity index (χ2v) is 7.96. The summed E-state index contributed by atoms with van der Waals surface area (Å²) >= 11 is 0. The molecule has 4 nitrogen and oxygen atoms in total. The van der Waals surface area contributed by atoms with Crippen molar-refractivity contribution in [2.24, 2.45) is 5.92 Å². The van der Waals surface area contributed by atoms with Gasteiger partial charge >= 0.3 is 6.18 Å². The van der Waals surface area contributed by atoms with Crippen LogP contribution in [0.3, 0.4) is 0 Å². The minimum Gasteiger partial charge on any atom is -0.352 e. The number of nitrogens with zero attached hydrogens (tertiary/aromatic N) is 2. The molecule has 1 aromatic rings. The van der Waals surface area contributed by atoms with Gasteiger partial charge in [-0.05, 0) is 76.5 Å². The number of hydrogen-bond acceptors (Lipinski definition) is 3. The number of hydrogen-bond donors (Lipinski definition) is 1. The molecule has 2 heterocycles. The molecule has 1 aromatic carbocycles. The van der Waals surface area contributed by atoms with E-state index in [-0.39, 0.29) is 11.5 Å². The minimum atomic E-state index is -4.68. The van der Waals surface area contributed by atoms with E-state index in [2.05, 4.69) is 22.2 Å². The van der Waals surface area contributed by atoms with E-state index in [0.717, 1.165) is 45.1 Å². The Bertz CT molecular complexity index is 687. The lowest BCUT2D eigenvalue weighted by molar-refractivity contribution is -0.137. The van der Waals surface area contributed by atoms with Crippen molar-refractivity contribution in [3.63, 3.8) is 0 Å². The first-order chi connectivity index (χ1) is 13.2. The Labute approximate surface area is 162 Å². The fourth-order valence-corrected chi connectivity index (χ4v) is 4.10. The van der Waals surface area contributed by atoms with Crippen LogP contribution in [0.1, 0.15) is 41.6 Å². The van der Waals surface area contributed by atoms with E-state index in [9.17, 15) is 22.4 Å². The number of likely N-dealkylation sites (N-methyl/N-ethyl adjacent to an activating group) is 1. The molecule has 1 atom stereocenters. The number of nitrogens with one attached hydrogen (secondary N) is 1. The summed E-state index contributed by atoms with van der Waals surface area (Å²) in [6.07, 6.45) is -0.321. The van der Waals surface area contributed by atoms with Gasteiger partial charge in [0.05, 0.1) is 5.56 Å². The van der Waals surface area contributed by atoms with Crippen molar-refractivity contribution in [2.75, 3.05) is 39.8 Å². The highest BCUT2D eigenvalue weighted by Crippen LogP contribution is 2.30. The first-order valence-electron chi connectivity index (χ1n) is 9.81. The summed E-state index contributed by atoms with van der Waals surface area (Å²) in [5.41, 5.74) is -1.45. The van der Waals surface area contributed by atoms with Crippen LogP contribution in [0.4, 0.5) is 17.6 Å². The third-order valence-electron chi connectivity index (χ3n) is 5.89. The van der Waals surface area contributed by atoms with Gasteiger partial charge in [-0.25, -0.2) is 4.39 Å². The molecule has 156 valence electrons. The lowest BCUT2D eigenvalue weighted by atomic mass is 9.96. The maximum atomic E-state index is 13.5. The van der Waals surface area contributed by atoms with Crippen molar-refractivity contribution in [3.8, 4) is 0 Å². The summed E-state index contributed by atoms with van der Waals surface area (Å²) in [4.78, 5) is 17.0. The second-order valence-electron chi connectivity index (χ2n) is 7.96. The van der Waals surface area contributed by atoms with Crippen LogP contribution in [0.15, 0.2) is 18.2 Å². The van der Waals surface area contributed by atoms with E-state index in [4.69, 9.17) is 0 Å². The molecule has 1 N–H and O–H groups in total. The number of benzene rings is 1. The number of likely N-dealkylation sites (tertiary alicyclic amines) is 2. The lowest BCUT2D eigenvalue weighted by Crippen LogP contribution is -2.44. The van der Waals surface area contributed by atoms with Crippen molar-refractivity contribution in [1.29, 1.82) is 0 Å². The van der Waals surface area contributed by atoms with Gasteiger partial charge in [-0.1, -0.05) is 0 Å². The third kappa shape index (κ3) is 5.44. The van der Waals surface area contributed by atoms with Crippen LogP contribution in [0.5, 0.6) is 0 Å². The summed E-state index contributed by atoms with van der Waals surface area (Å²) in [5.74, 6) is -1.44. The van der Waals surface area contributed by atoms with Gasteiger partial charge in [-0.3, -0.25) is 4.79 Å². The van der Waals surface area contributed by atoms with Crippen LogP contribution in [0.25, 0.3) is 0 Å². The lowest BCUT2D eigenvalue weighted by Gasteiger charge is -2.35. The van der Waals surface area contributed by atoms with Crippen LogP contribution in [0.2, 0.25) is 0 Å². The fraction of sp³-hybridized carbons (Fsp3) is 0.650. The number of halogens is 4. The van der Waals surface area contributed by atoms with Gasteiger partial charge in [0.15, 0.2) is 0 Å². The Hall–Kier alpha value is -1.67. The van der Waals surface area contributed by atoms with E-state index in [1.807, 2.05) is 0 Å². The Morgan fingerprint density at radius 2 is 1.86 bits per heavy atom. The summed E-state index contributed by atoms with van der Waals surface area (Å²) in [6, 6.07) is 2.55. The Balaban J connectivity index is 1.46. The zero-order valence-electron chi connectivity index (χ0n) is 16.1. The number of carbonyl (C=O) groups excluding carboxylic acids is 1. The number of alkyl halides is 3. The monoisotopic (exact) mass is 401 g/mol. The molecular weight excluding hydrogens is 374 g/mol. The first kappa shape index (κ1) is 21.0. The number of carbonyl (C=O) groups is 1. The van der Waals surface area contributed by atoms with E-state index in [0.29, 0.717) is 24.7 Å². The molecule has 0 aliphatic carbocycles. The zero-order chi connectivity index (χ0) is 20.3. The standard InChI is InChI=1S/C20H27F4N3O/c1-26-6-2-3-18(26)13-27-7-4-14(5-8-27)12-25-19(28)15-9-16(20(22,23)24)11-17(21)10-15/h9-11,14,18H,2-8,12-13H2,1H3,(H,25,28)/t18-/m0/s1. The molecule has 2 saturated heterocycles. The highest BCUT2D eigenvalue weighted by molar-refractivity contribution is 5.94. The number of piperidine rings is 1. The minimum absolute atomic E-state index is 0.289. The summed E-state index contributed by atoms with van der Waals surface area (Å²) in [6.45, 7) is 4.54. The van der Waals surface area contributed by atoms with Crippen molar-refractivity contribution in [1.82, 2.24) is 15.1 Å². The highest BCUT2D eigenvalue weighted by Gasteiger charge is 2.32. The van der Waals surface area contributed by atoms with Crippen molar-refractivity contribution in [2.45, 2.75) is 37.9 Å². The van der Waals surface area contributed by atoms with Crippen molar-refractivity contribution < 1.29 is 22.4 Å². The molecule has 1 amide bonds. The molecule has 0 bridgehead atoms. The summed E-state index contributed by atoms with van der Waals surface area (Å²) < 4.78 is 51.8. The van der Waals surface area contributed by atoms with Gasteiger partial charge in [0.1, 0.15) is 5.82 Å². The predicted molar refractivity (Wildman–Crippen MR) is 98.6 cm³/mol. The van der Waals surface area contributed by atoms with Crippen LogP contribution < -0.4 is 5.32 Å². The Kier molecular flexibility index (Phi) is 6.60. The first-order valence-corrected chi connectivity index (χ1v) is 9.81. The predicted octanol–water partition coefficient (Wildman–Crippen LogP) is 3.38. The molecule has 0 radical (unpaired) electrons. The maximum absolute atomic E-state index is 13.5. The van der Waals surface area contributed by atoms with E-state index in [1.54, 1.807) is 0 Å². The van der Waals surface area contributed by atoms with Gasteiger partial charge in [0.25, 0.3) is 5.91 Å². The van der Waals surface area contributed by atoms with Gasteiger partial charge in [-0.15, -0.1) is 0 Å². The normalized spacial score (nSPS) is 22.5. The molecular formula is C20H27F4N3O. The molecule has 2 fully saturated rings. The highest BCUT2D eigenvalue weighted by atomic mass is 19.4. The number of rotatable bonds is 5. The van der Waals surface area contributed by atoms with Crippen molar-refractivity contribution in [3.05, 3.63) is 35.1 Å².